The van der Waals surface area contributed by atoms with Crippen LogP contribution in [0.5, 0.6) is 5.75 Å². The van der Waals surface area contributed by atoms with Gasteiger partial charge >= 0.3 is 0 Å². The summed E-state index contributed by atoms with van der Waals surface area (Å²) < 4.78 is 7.14. The fourth-order valence-corrected chi connectivity index (χ4v) is 2.20. The zero-order valence-electron chi connectivity index (χ0n) is 8.72. The van der Waals surface area contributed by atoms with E-state index in [1.54, 1.807) is 19.1 Å². The molecule has 0 bridgehead atoms. The van der Waals surface area contributed by atoms with Gasteiger partial charge in [-0.05, 0) is 29.6 Å². The maximum absolute atomic E-state index is 5.11. The van der Waals surface area contributed by atoms with Crippen LogP contribution in [-0.2, 0) is 5.75 Å². The van der Waals surface area contributed by atoms with Gasteiger partial charge in [-0.3, -0.25) is 0 Å². The highest BCUT2D eigenvalue weighted by molar-refractivity contribution is 7.96. The van der Waals surface area contributed by atoms with Crippen molar-refractivity contribution >= 4 is 18.2 Å². The molecule has 15 heavy (non-hydrogen) atoms. The molecular formula is C11H14N2OS. The van der Waals surface area contributed by atoms with Gasteiger partial charge < -0.3 is 4.74 Å². The summed E-state index contributed by atoms with van der Waals surface area (Å²) in [5, 5.41) is 4.23. The Morgan fingerprint density at radius 1 is 1.40 bits per heavy atom. The minimum absolute atomic E-state index is 0.906. The van der Waals surface area contributed by atoms with E-state index in [1.165, 1.54) is 5.56 Å². The molecule has 1 aliphatic heterocycles. The second-order valence-electron chi connectivity index (χ2n) is 3.28. The Hall–Kier alpha value is -1.16. The molecular weight excluding hydrogens is 208 g/mol. The molecule has 3 nitrogen and oxygen atoms in total. The van der Waals surface area contributed by atoms with E-state index in [-0.39, 0.29) is 0 Å². The monoisotopic (exact) mass is 222 g/mol. The van der Waals surface area contributed by atoms with Crippen LogP contribution in [0.25, 0.3) is 0 Å². The third kappa shape index (κ3) is 2.89. The van der Waals surface area contributed by atoms with Crippen LogP contribution >= 0.6 is 11.9 Å². The maximum Gasteiger partial charge on any atom is 0.118 e. The SMILES string of the molecule is COc1ccc(CSN2CCC=N2)cc1. The number of benzene rings is 1. The van der Waals surface area contributed by atoms with E-state index in [4.69, 9.17) is 4.74 Å². The van der Waals surface area contributed by atoms with Gasteiger partial charge in [0.25, 0.3) is 0 Å². The number of nitrogens with zero attached hydrogens (tertiary/aromatic N) is 2. The van der Waals surface area contributed by atoms with E-state index in [2.05, 4.69) is 17.2 Å². The predicted octanol–water partition coefficient (Wildman–Crippen LogP) is 2.53. The van der Waals surface area contributed by atoms with Crippen molar-refractivity contribution in [3.8, 4) is 5.75 Å². The van der Waals surface area contributed by atoms with Crippen molar-refractivity contribution in [2.24, 2.45) is 5.10 Å². The van der Waals surface area contributed by atoms with E-state index >= 15 is 0 Å². The Kier molecular flexibility index (Phi) is 3.50. The van der Waals surface area contributed by atoms with Gasteiger partial charge in [-0.25, -0.2) is 4.41 Å². The largest absolute Gasteiger partial charge is 0.497 e. The molecule has 2 rings (SSSR count). The number of hydrogen-bond acceptors (Lipinski definition) is 4. The quantitative estimate of drug-likeness (QED) is 0.732. The standard InChI is InChI=1S/C11H14N2OS/c1-14-11-5-3-10(4-6-11)9-15-13-8-2-7-12-13/h3-7H,2,8-9H2,1H3. The molecule has 0 radical (unpaired) electrons. The summed E-state index contributed by atoms with van der Waals surface area (Å²) in [6.45, 7) is 1.03. The van der Waals surface area contributed by atoms with Crippen LogP contribution in [0.4, 0.5) is 0 Å². The number of ether oxygens (including phenoxy) is 1. The third-order valence-electron chi connectivity index (χ3n) is 2.20. The van der Waals surface area contributed by atoms with E-state index in [0.29, 0.717) is 0 Å². The minimum Gasteiger partial charge on any atom is -0.497 e. The lowest BCUT2D eigenvalue weighted by atomic mass is 10.2. The zero-order chi connectivity index (χ0) is 10.5. The molecule has 4 heteroatoms. The Labute approximate surface area is 94.2 Å². The third-order valence-corrected chi connectivity index (χ3v) is 3.24. The molecule has 0 fully saturated rings. The van der Waals surface area contributed by atoms with Crippen LogP contribution in [0.1, 0.15) is 12.0 Å². The molecule has 0 aliphatic carbocycles. The van der Waals surface area contributed by atoms with Crippen LogP contribution in [0.15, 0.2) is 29.4 Å². The molecule has 80 valence electrons. The first kappa shape index (κ1) is 10.4. The second kappa shape index (κ2) is 5.07. The molecule has 1 aromatic rings. The summed E-state index contributed by atoms with van der Waals surface area (Å²) in [7, 11) is 1.68. The molecule has 1 aliphatic rings. The number of rotatable bonds is 4. The highest BCUT2D eigenvalue weighted by Crippen LogP contribution is 2.21. The van der Waals surface area contributed by atoms with Crippen molar-refractivity contribution in [1.29, 1.82) is 0 Å². The van der Waals surface area contributed by atoms with Gasteiger partial charge in [-0.15, -0.1) is 0 Å². The number of methoxy groups -OCH3 is 1. The summed E-state index contributed by atoms with van der Waals surface area (Å²) in [4.78, 5) is 0. The summed E-state index contributed by atoms with van der Waals surface area (Å²) >= 11 is 1.75. The fraction of sp³-hybridized carbons (Fsp3) is 0.364. The second-order valence-corrected chi connectivity index (χ2v) is 4.25. The van der Waals surface area contributed by atoms with E-state index in [9.17, 15) is 0 Å². The zero-order valence-corrected chi connectivity index (χ0v) is 9.54. The predicted molar refractivity (Wildman–Crippen MR) is 64.1 cm³/mol. The van der Waals surface area contributed by atoms with Crippen molar-refractivity contribution in [1.82, 2.24) is 4.41 Å². The summed E-state index contributed by atoms with van der Waals surface area (Å²) in [5.74, 6) is 1.87. The molecule has 0 spiro atoms. The number of hydrogen-bond donors (Lipinski definition) is 0. The van der Waals surface area contributed by atoms with Crippen molar-refractivity contribution in [3.63, 3.8) is 0 Å². The highest BCUT2D eigenvalue weighted by atomic mass is 32.2. The van der Waals surface area contributed by atoms with Crippen molar-refractivity contribution in [2.45, 2.75) is 12.2 Å². The lowest BCUT2D eigenvalue weighted by molar-refractivity contribution is 0.414. The van der Waals surface area contributed by atoms with Gasteiger partial charge in [0.1, 0.15) is 5.75 Å². The van der Waals surface area contributed by atoms with Crippen LogP contribution in [0, 0.1) is 0 Å². The Morgan fingerprint density at radius 3 is 2.80 bits per heavy atom. The minimum atomic E-state index is 0.906. The average Bonchev–Trinajstić information content (AvgIpc) is 2.80. The van der Waals surface area contributed by atoms with E-state index in [0.717, 1.165) is 24.5 Å². The normalized spacial score (nSPS) is 14.6. The lowest BCUT2D eigenvalue weighted by Gasteiger charge is -2.11. The average molecular weight is 222 g/mol. The molecule has 0 atom stereocenters. The van der Waals surface area contributed by atoms with Crippen LogP contribution < -0.4 is 4.74 Å². The lowest BCUT2D eigenvalue weighted by Crippen LogP contribution is -2.03. The first-order valence-corrected chi connectivity index (χ1v) is 5.88. The highest BCUT2D eigenvalue weighted by Gasteiger charge is 2.06. The summed E-state index contributed by atoms with van der Waals surface area (Å²) in [6, 6.07) is 8.16. The fourth-order valence-electron chi connectivity index (χ4n) is 1.34. The first-order chi connectivity index (χ1) is 7.38. The molecule has 1 aromatic carbocycles. The van der Waals surface area contributed by atoms with E-state index in [1.807, 2.05) is 22.8 Å². The molecule has 0 aromatic heterocycles. The van der Waals surface area contributed by atoms with Crippen LogP contribution in [-0.4, -0.2) is 24.3 Å². The van der Waals surface area contributed by atoms with Crippen LogP contribution in [0.2, 0.25) is 0 Å². The summed E-state index contributed by atoms with van der Waals surface area (Å²) in [6.07, 6.45) is 3.02. The molecule has 0 saturated heterocycles. The van der Waals surface area contributed by atoms with Gasteiger partial charge in [0.15, 0.2) is 0 Å². The van der Waals surface area contributed by atoms with Gasteiger partial charge in [-0.2, -0.15) is 5.10 Å². The molecule has 0 amide bonds. The molecule has 0 unspecified atom stereocenters. The van der Waals surface area contributed by atoms with Gasteiger partial charge in [0.05, 0.1) is 13.7 Å². The van der Waals surface area contributed by atoms with Gasteiger partial charge in [0.2, 0.25) is 0 Å². The Bertz CT molecular complexity index is 337. The van der Waals surface area contributed by atoms with Crippen molar-refractivity contribution in [3.05, 3.63) is 29.8 Å². The van der Waals surface area contributed by atoms with E-state index < -0.39 is 0 Å². The smallest absolute Gasteiger partial charge is 0.118 e. The Balaban J connectivity index is 1.85. The summed E-state index contributed by atoms with van der Waals surface area (Å²) in [5.41, 5.74) is 1.29. The molecule has 0 saturated carbocycles. The first-order valence-electron chi connectivity index (χ1n) is 4.94. The van der Waals surface area contributed by atoms with Gasteiger partial charge in [-0.1, -0.05) is 12.1 Å². The Morgan fingerprint density at radius 2 is 2.20 bits per heavy atom. The maximum atomic E-state index is 5.11. The number of hydrazone groups is 1. The van der Waals surface area contributed by atoms with Crippen molar-refractivity contribution < 1.29 is 4.74 Å². The van der Waals surface area contributed by atoms with Gasteiger partial charge in [0, 0.05) is 18.4 Å². The van der Waals surface area contributed by atoms with Crippen molar-refractivity contribution in [2.75, 3.05) is 13.7 Å². The molecule has 0 N–H and O–H groups in total. The molecule has 1 heterocycles. The van der Waals surface area contributed by atoms with Crippen LogP contribution in [0.3, 0.4) is 0 Å². The topological polar surface area (TPSA) is 24.8 Å².